The van der Waals surface area contributed by atoms with Crippen LogP contribution in [-0.2, 0) is 0 Å². The number of carbonyl (C=O) groups excluding carboxylic acids is 1. The van der Waals surface area contributed by atoms with E-state index in [0.717, 1.165) is 13.1 Å². The quantitative estimate of drug-likeness (QED) is 0.765. The molecule has 0 aliphatic carbocycles. The van der Waals surface area contributed by atoms with Crippen molar-refractivity contribution < 1.29 is 4.79 Å². The second kappa shape index (κ2) is 7.97. The molecule has 0 bridgehead atoms. The maximum absolute atomic E-state index is 11.7. The smallest absolute Gasteiger partial charge is 0.272 e. The third kappa shape index (κ3) is 4.11. The predicted molar refractivity (Wildman–Crippen MR) is 62.8 cm³/mol. The van der Waals surface area contributed by atoms with E-state index in [1.165, 1.54) is 0 Å². The number of hydrogen-bond acceptors (Lipinski definition) is 2. The number of nitrogens with zero attached hydrogens (tertiary/aromatic N) is 2. The summed E-state index contributed by atoms with van der Waals surface area (Å²) in [5, 5.41) is 0. The van der Waals surface area contributed by atoms with Crippen molar-refractivity contribution in [2.45, 2.75) is 27.7 Å². The van der Waals surface area contributed by atoms with Gasteiger partial charge in [0.05, 0.1) is 0 Å². The Kier molecular flexibility index (Phi) is 7.24. The third-order valence-electron chi connectivity index (χ3n) is 1.93. The minimum Gasteiger partial charge on any atom is -0.338 e. The number of amides is 1. The van der Waals surface area contributed by atoms with Crippen molar-refractivity contribution in [1.29, 1.82) is 0 Å². The minimum atomic E-state index is 0.00519. The van der Waals surface area contributed by atoms with Crippen LogP contribution < -0.4 is 0 Å². The molecule has 0 atom stereocenters. The molecule has 3 heteroatoms. The molecule has 1 heterocycles. The second-order valence-electron chi connectivity index (χ2n) is 2.69. The molecule has 84 valence electrons. The molecule has 0 saturated heterocycles. The van der Waals surface area contributed by atoms with Crippen LogP contribution in [0.3, 0.4) is 0 Å². The molecule has 1 aromatic heterocycles. The Morgan fingerprint density at radius 2 is 1.87 bits per heavy atom. The van der Waals surface area contributed by atoms with E-state index in [-0.39, 0.29) is 5.91 Å². The summed E-state index contributed by atoms with van der Waals surface area (Å²) in [4.78, 5) is 17.4. The monoisotopic (exact) mass is 208 g/mol. The van der Waals surface area contributed by atoms with Crippen LogP contribution in [0.2, 0.25) is 0 Å². The van der Waals surface area contributed by atoms with Gasteiger partial charge in [-0.2, -0.15) is 0 Å². The number of hydrogen-bond donors (Lipinski definition) is 0. The number of rotatable bonds is 3. The second-order valence-corrected chi connectivity index (χ2v) is 2.69. The Balaban J connectivity index is 0.000000921. The lowest BCUT2D eigenvalue weighted by Crippen LogP contribution is -2.30. The summed E-state index contributed by atoms with van der Waals surface area (Å²) >= 11 is 0. The van der Waals surface area contributed by atoms with Crippen molar-refractivity contribution in [1.82, 2.24) is 9.88 Å². The maximum atomic E-state index is 11.7. The standard InChI is InChI=1S/C10H14N2O.C2H6/c1-3-12(4-2)10(13)9-7-5-6-8-11-9;1-2/h5-8H,3-4H2,1-2H3;1-2H3. The van der Waals surface area contributed by atoms with E-state index in [2.05, 4.69) is 4.98 Å². The summed E-state index contributed by atoms with van der Waals surface area (Å²) in [6, 6.07) is 5.36. The molecule has 0 saturated carbocycles. The molecule has 0 N–H and O–H groups in total. The maximum Gasteiger partial charge on any atom is 0.272 e. The average molecular weight is 208 g/mol. The molecule has 3 nitrogen and oxygen atoms in total. The normalized spacial score (nSPS) is 8.80. The van der Waals surface area contributed by atoms with Crippen LogP contribution >= 0.6 is 0 Å². The molecule has 1 rings (SSSR count). The van der Waals surface area contributed by atoms with Gasteiger partial charge in [0, 0.05) is 19.3 Å². The molecule has 0 unspecified atom stereocenters. The fourth-order valence-corrected chi connectivity index (χ4v) is 1.16. The van der Waals surface area contributed by atoms with E-state index in [4.69, 9.17) is 0 Å². The highest BCUT2D eigenvalue weighted by Gasteiger charge is 2.12. The van der Waals surface area contributed by atoms with Gasteiger partial charge in [-0.1, -0.05) is 19.9 Å². The van der Waals surface area contributed by atoms with E-state index in [1.807, 2.05) is 33.8 Å². The molecule has 1 aromatic rings. The lowest BCUT2D eigenvalue weighted by molar-refractivity contribution is 0.0767. The minimum absolute atomic E-state index is 0.00519. The van der Waals surface area contributed by atoms with Gasteiger partial charge < -0.3 is 4.90 Å². The van der Waals surface area contributed by atoms with Crippen molar-refractivity contribution in [3.63, 3.8) is 0 Å². The number of aromatic nitrogens is 1. The largest absolute Gasteiger partial charge is 0.338 e. The molecule has 0 fully saturated rings. The summed E-state index contributed by atoms with van der Waals surface area (Å²) < 4.78 is 0. The van der Waals surface area contributed by atoms with Crippen LogP contribution in [0.1, 0.15) is 38.2 Å². The predicted octanol–water partition coefficient (Wildman–Crippen LogP) is 2.59. The Bertz CT molecular complexity index is 268. The Morgan fingerprint density at radius 1 is 1.27 bits per heavy atom. The van der Waals surface area contributed by atoms with E-state index in [1.54, 1.807) is 23.2 Å². The topological polar surface area (TPSA) is 33.2 Å². The van der Waals surface area contributed by atoms with E-state index < -0.39 is 0 Å². The molecule has 1 amide bonds. The van der Waals surface area contributed by atoms with Gasteiger partial charge in [0.25, 0.3) is 5.91 Å². The zero-order valence-electron chi connectivity index (χ0n) is 10.0. The first-order chi connectivity index (χ1) is 7.29. The van der Waals surface area contributed by atoms with Crippen molar-refractivity contribution in [2.24, 2.45) is 0 Å². The van der Waals surface area contributed by atoms with Gasteiger partial charge in [-0.25, -0.2) is 0 Å². The van der Waals surface area contributed by atoms with Crippen molar-refractivity contribution in [3.8, 4) is 0 Å². The summed E-state index contributed by atoms with van der Waals surface area (Å²) in [6.45, 7) is 9.38. The number of carbonyl (C=O) groups is 1. The molecule has 0 aromatic carbocycles. The molecule has 0 spiro atoms. The molecular weight excluding hydrogens is 188 g/mol. The van der Waals surface area contributed by atoms with Gasteiger partial charge in [0.2, 0.25) is 0 Å². The van der Waals surface area contributed by atoms with Crippen molar-refractivity contribution in [3.05, 3.63) is 30.1 Å². The van der Waals surface area contributed by atoms with Gasteiger partial charge >= 0.3 is 0 Å². The molecule has 0 radical (unpaired) electrons. The van der Waals surface area contributed by atoms with Gasteiger partial charge in [0.1, 0.15) is 5.69 Å². The van der Waals surface area contributed by atoms with Crippen LogP contribution in [0, 0.1) is 0 Å². The molecular formula is C12H20N2O. The van der Waals surface area contributed by atoms with Crippen molar-refractivity contribution in [2.75, 3.05) is 13.1 Å². The first kappa shape index (κ1) is 13.6. The number of pyridine rings is 1. The van der Waals surface area contributed by atoms with Gasteiger partial charge in [-0.15, -0.1) is 0 Å². The Morgan fingerprint density at radius 3 is 2.27 bits per heavy atom. The highest BCUT2D eigenvalue weighted by molar-refractivity contribution is 5.92. The van der Waals surface area contributed by atoms with Crippen LogP contribution in [0.15, 0.2) is 24.4 Å². The summed E-state index contributed by atoms with van der Waals surface area (Å²) in [7, 11) is 0. The van der Waals surface area contributed by atoms with E-state index in [0.29, 0.717) is 5.69 Å². The zero-order chi connectivity index (χ0) is 11.7. The molecule has 15 heavy (non-hydrogen) atoms. The van der Waals surface area contributed by atoms with E-state index >= 15 is 0 Å². The Hall–Kier alpha value is -1.38. The fourth-order valence-electron chi connectivity index (χ4n) is 1.16. The van der Waals surface area contributed by atoms with Crippen molar-refractivity contribution >= 4 is 5.91 Å². The zero-order valence-corrected chi connectivity index (χ0v) is 10.0. The van der Waals surface area contributed by atoms with E-state index in [9.17, 15) is 4.79 Å². The first-order valence-corrected chi connectivity index (χ1v) is 5.49. The molecule has 0 aliphatic rings. The summed E-state index contributed by atoms with van der Waals surface area (Å²) in [6.07, 6.45) is 1.64. The first-order valence-electron chi connectivity index (χ1n) is 5.49. The highest BCUT2D eigenvalue weighted by Crippen LogP contribution is 2.00. The Labute approximate surface area is 92.1 Å². The third-order valence-corrected chi connectivity index (χ3v) is 1.93. The van der Waals surface area contributed by atoms with Crippen LogP contribution in [0.4, 0.5) is 0 Å². The van der Waals surface area contributed by atoms with Gasteiger partial charge in [-0.3, -0.25) is 9.78 Å². The fraction of sp³-hybridized carbons (Fsp3) is 0.500. The summed E-state index contributed by atoms with van der Waals surface area (Å²) in [5.41, 5.74) is 0.520. The summed E-state index contributed by atoms with van der Waals surface area (Å²) in [5.74, 6) is 0.00519. The lowest BCUT2D eigenvalue weighted by Gasteiger charge is -2.17. The highest BCUT2D eigenvalue weighted by atomic mass is 16.2. The lowest BCUT2D eigenvalue weighted by atomic mass is 10.3. The van der Waals surface area contributed by atoms with Crippen LogP contribution in [0.5, 0.6) is 0 Å². The van der Waals surface area contributed by atoms with Gasteiger partial charge in [0.15, 0.2) is 0 Å². The van der Waals surface area contributed by atoms with Gasteiger partial charge in [-0.05, 0) is 26.0 Å². The van der Waals surface area contributed by atoms with Crippen LogP contribution in [-0.4, -0.2) is 28.9 Å². The average Bonchev–Trinajstić information content (AvgIpc) is 2.34. The SMILES string of the molecule is CC.CCN(CC)C(=O)c1ccccn1. The molecule has 0 aliphatic heterocycles. The van der Waals surface area contributed by atoms with Crippen LogP contribution in [0.25, 0.3) is 0 Å².